The number of piperazine rings is 1. The van der Waals surface area contributed by atoms with Gasteiger partial charge in [-0.05, 0) is 38.3 Å². The first-order valence-electron chi connectivity index (χ1n) is 14.7. The summed E-state index contributed by atoms with van der Waals surface area (Å²) in [6.07, 6.45) is 0.523. The van der Waals surface area contributed by atoms with Gasteiger partial charge in [-0.25, -0.2) is 4.79 Å². The lowest BCUT2D eigenvalue weighted by molar-refractivity contribution is 0.0240. The monoisotopic (exact) mass is 562 g/mol. The first kappa shape index (κ1) is 29.1. The van der Waals surface area contributed by atoms with Crippen LogP contribution in [-0.4, -0.2) is 104 Å². The lowest BCUT2D eigenvalue weighted by Gasteiger charge is -2.38. The number of aromatic nitrogens is 1. The maximum absolute atomic E-state index is 12.7. The van der Waals surface area contributed by atoms with E-state index in [2.05, 4.69) is 45.0 Å². The number of amides is 1. The second kappa shape index (κ2) is 13.1. The molecule has 3 aliphatic rings. The number of hydrogen-bond donors (Lipinski definition) is 0. The first-order chi connectivity index (χ1) is 19.8. The van der Waals surface area contributed by atoms with Gasteiger partial charge in [0.15, 0.2) is 0 Å². The van der Waals surface area contributed by atoms with Crippen molar-refractivity contribution in [2.45, 2.75) is 45.9 Å². The Balaban J connectivity index is 1.37. The fourth-order valence-corrected chi connectivity index (χ4v) is 5.63. The molecule has 0 bridgehead atoms. The number of nitriles is 1. The SMILES string of the molecule is CC(C)(C)OC(=O)N1CCN(c2nc(OCCN3CCOCC3)c(C#N)c3c2CCN(Cc2ccccc2)C3)CC1. The van der Waals surface area contributed by atoms with Crippen molar-refractivity contribution in [3.05, 3.63) is 52.6 Å². The van der Waals surface area contributed by atoms with Crippen LogP contribution < -0.4 is 9.64 Å². The Bertz CT molecular complexity index is 1230. The summed E-state index contributed by atoms with van der Waals surface area (Å²) in [6, 6.07) is 12.9. The van der Waals surface area contributed by atoms with E-state index in [1.165, 1.54) is 5.56 Å². The normalized spacial score (nSPS) is 18.5. The Hall–Kier alpha value is -3.39. The number of fused-ring (bicyclic) bond motifs is 1. The van der Waals surface area contributed by atoms with Gasteiger partial charge in [0.1, 0.15) is 29.7 Å². The number of carbonyl (C=O) groups excluding carboxylic acids is 1. The van der Waals surface area contributed by atoms with E-state index < -0.39 is 5.60 Å². The molecule has 1 aromatic heterocycles. The number of rotatable bonds is 7. The van der Waals surface area contributed by atoms with Crippen LogP contribution in [0.15, 0.2) is 30.3 Å². The number of ether oxygens (including phenoxy) is 3. The van der Waals surface area contributed by atoms with Crippen LogP contribution in [0.25, 0.3) is 0 Å². The zero-order valence-corrected chi connectivity index (χ0v) is 24.6. The molecule has 0 spiro atoms. The van der Waals surface area contributed by atoms with Crippen molar-refractivity contribution in [3.63, 3.8) is 0 Å². The average molecular weight is 563 g/mol. The maximum Gasteiger partial charge on any atom is 0.410 e. The minimum Gasteiger partial charge on any atom is -0.475 e. The van der Waals surface area contributed by atoms with Gasteiger partial charge in [0.2, 0.25) is 5.88 Å². The summed E-state index contributed by atoms with van der Waals surface area (Å²) in [5, 5.41) is 10.3. The molecule has 10 nitrogen and oxygen atoms in total. The molecule has 0 N–H and O–H groups in total. The molecule has 10 heteroatoms. The maximum atomic E-state index is 12.7. The van der Waals surface area contributed by atoms with Crippen molar-refractivity contribution in [2.24, 2.45) is 0 Å². The Morgan fingerprint density at radius 3 is 2.41 bits per heavy atom. The van der Waals surface area contributed by atoms with E-state index in [-0.39, 0.29) is 6.09 Å². The molecule has 0 radical (unpaired) electrons. The molecule has 220 valence electrons. The number of benzene rings is 1. The number of hydrogen-bond acceptors (Lipinski definition) is 9. The summed E-state index contributed by atoms with van der Waals surface area (Å²) in [4.78, 5) is 26.3. The van der Waals surface area contributed by atoms with E-state index in [1.54, 1.807) is 4.90 Å². The molecule has 2 fully saturated rings. The van der Waals surface area contributed by atoms with E-state index in [1.807, 2.05) is 26.8 Å². The van der Waals surface area contributed by atoms with E-state index in [4.69, 9.17) is 19.2 Å². The zero-order chi connectivity index (χ0) is 28.8. The fourth-order valence-electron chi connectivity index (χ4n) is 5.63. The third-order valence-corrected chi connectivity index (χ3v) is 7.76. The largest absolute Gasteiger partial charge is 0.475 e. The molecule has 0 unspecified atom stereocenters. The molecule has 1 aromatic carbocycles. The predicted molar refractivity (Wildman–Crippen MR) is 156 cm³/mol. The van der Waals surface area contributed by atoms with Gasteiger partial charge in [-0.15, -0.1) is 0 Å². The molecule has 2 saturated heterocycles. The summed E-state index contributed by atoms with van der Waals surface area (Å²) in [5.74, 6) is 1.29. The lowest BCUT2D eigenvalue weighted by Crippen LogP contribution is -2.50. The van der Waals surface area contributed by atoms with Gasteiger partial charge >= 0.3 is 6.09 Å². The number of anilines is 1. The van der Waals surface area contributed by atoms with Crippen LogP contribution >= 0.6 is 0 Å². The minimum atomic E-state index is -0.527. The predicted octanol–water partition coefficient (Wildman–Crippen LogP) is 3.28. The van der Waals surface area contributed by atoms with Crippen molar-refractivity contribution in [1.82, 2.24) is 19.7 Å². The topological polar surface area (TPSA) is 94.4 Å². The molecule has 5 rings (SSSR count). The van der Waals surface area contributed by atoms with Crippen LogP contribution in [0.1, 0.15) is 43.0 Å². The van der Waals surface area contributed by atoms with Crippen molar-refractivity contribution in [2.75, 3.05) is 77.1 Å². The molecule has 0 aliphatic carbocycles. The number of morpholine rings is 1. The van der Waals surface area contributed by atoms with Gasteiger partial charge in [0.05, 0.1) is 13.2 Å². The highest BCUT2D eigenvalue weighted by atomic mass is 16.6. The van der Waals surface area contributed by atoms with Crippen molar-refractivity contribution in [1.29, 1.82) is 5.26 Å². The molecular formula is C31H42N6O4. The van der Waals surface area contributed by atoms with E-state index in [9.17, 15) is 10.1 Å². The summed E-state index contributed by atoms with van der Waals surface area (Å²) in [5.41, 5.74) is 3.40. The van der Waals surface area contributed by atoms with Gasteiger partial charge in [-0.1, -0.05) is 30.3 Å². The Kier molecular flexibility index (Phi) is 9.28. The zero-order valence-electron chi connectivity index (χ0n) is 24.6. The third kappa shape index (κ3) is 7.47. The number of nitrogens with zero attached hydrogens (tertiary/aromatic N) is 6. The Labute approximate surface area is 243 Å². The molecule has 1 amide bonds. The quantitative estimate of drug-likeness (QED) is 0.504. The van der Waals surface area contributed by atoms with Crippen LogP contribution in [-0.2, 0) is 29.0 Å². The van der Waals surface area contributed by atoms with E-state index in [0.717, 1.165) is 69.3 Å². The summed E-state index contributed by atoms with van der Waals surface area (Å²) < 4.78 is 17.3. The molecular weight excluding hydrogens is 520 g/mol. The first-order valence-corrected chi connectivity index (χ1v) is 14.7. The van der Waals surface area contributed by atoms with Crippen LogP contribution in [0, 0.1) is 11.3 Å². The van der Waals surface area contributed by atoms with Gasteiger partial charge in [0.25, 0.3) is 0 Å². The van der Waals surface area contributed by atoms with Crippen molar-refractivity contribution < 1.29 is 19.0 Å². The van der Waals surface area contributed by atoms with Gasteiger partial charge in [-0.2, -0.15) is 10.2 Å². The number of carbonyl (C=O) groups is 1. The van der Waals surface area contributed by atoms with Crippen molar-refractivity contribution in [3.8, 4) is 11.9 Å². The average Bonchev–Trinajstić information content (AvgIpc) is 2.97. The minimum absolute atomic E-state index is 0.282. The van der Waals surface area contributed by atoms with Crippen LogP contribution in [0.2, 0.25) is 0 Å². The molecule has 0 atom stereocenters. The van der Waals surface area contributed by atoms with Crippen LogP contribution in [0.3, 0.4) is 0 Å². The highest BCUT2D eigenvalue weighted by molar-refractivity contribution is 5.69. The molecule has 4 heterocycles. The van der Waals surface area contributed by atoms with Gasteiger partial charge < -0.3 is 24.0 Å². The smallest absolute Gasteiger partial charge is 0.410 e. The van der Waals surface area contributed by atoms with Crippen molar-refractivity contribution >= 4 is 11.9 Å². The van der Waals surface area contributed by atoms with E-state index >= 15 is 0 Å². The molecule has 0 saturated carbocycles. The molecule has 3 aliphatic heterocycles. The molecule has 2 aromatic rings. The van der Waals surface area contributed by atoms with Gasteiger partial charge in [-0.3, -0.25) is 9.80 Å². The van der Waals surface area contributed by atoms with Crippen LogP contribution in [0.4, 0.5) is 10.6 Å². The second-order valence-corrected chi connectivity index (χ2v) is 11.9. The second-order valence-electron chi connectivity index (χ2n) is 11.9. The standard InChI is InChI=1S/C31H42N6O4/c1-31(2,3)41-30(38)37-13-11-36(12-14-37)28-25-9-10-35(22-24-7-5-4-6-8-24)23-27(25)26(21-32)29(33-28)40-20-17-34-15-18-39-19-16-34/h4-8H,9-20,22-23H2,1-3H3. The lowest BCUT2D eigenvalue weighted by atomic mass is 9.95. The highest BCUT2D eigenvalue weighted by Crippen LogP contribution is 2.35. The Morgan fingerprint density at radius 1 is 1.00 bits per heavy atom. The van der Waals surface area contributed by atoms with E-state index in [0.29, 0.717) is 50.8 Å². The third-order valence-electron chi connectivity index (χ3n) is 7.76. The summed E-state index contributed by atoms with van der Waals surface area (Å²) >= 11 is 0. The highest BCUT2D eigenvalue weighted by Gasteiger charge is 2.32. The summed E-state index contributed by atoms with van der Waals surface area (Å²) in [6.45, 7) is 14.9. The Morgan fingerprint density at radius 2 is 1.73 bits per heavy atom. The molecule has 41 heavy (non-hydrogen) atoms. The summed E-state index contributed by atoms with van der Waals surface area (Å²) in [7, 11) is 0. The van der Waals surface area contributed by atoms with Gasteiger partial charge in [0, 0.05) is 71.0 Å². The van der Waals surface area contributed by atoms with Crippen LogP contribution in [0.5, 0.6) is 5.88 Å². The fraction of sp³-hybridized carbons (Fsp3) is 0.581. The number of pyridine rings is 1.